The average molecular weight is 156 g/mol. The largest absolute Gasteiger partial charge is 0.362 e. The molecule has 1 rings (SSSR count). The zero-order valence-electron chi connectivity index (χ0n) is 7.05. The number of rotatable bonds is 3. The summed E-state index contributed by atoms with van der Waals surface area (Å²) in [6, 6.07) is 0. The van der Waals surface area contributed by atoms with Crippen LogP contribution in [0.3, 0.4) is 0 Å². The normalized spacial score (nSPS) is 20.0. The summed E-state index contributed by atoms with van der Waals surface area (Å²) in [6.07, 6.45) is 3.34. The van der Waals surface area contributed by atoms with Crippen molar-refractivity contribution in [3.63, 3.8) is 0 Å². The van der Waals surface area contributed by atoms with E-state index in [9.17, 15) is 0 Å². The second-order valence-electron chi connectivity index (χ2n) is 2.89. The van der Waals surface area contributed by atoms with Crippen molar-refractivity contribution in [3.8, 4) is 0 Å². The van der Waals surface area contributed by atoms with Gasteiger partial charge in [0.2, 0.25) is 0 Å². The van der Waals surface area contributed by atoms with Crippen LogP contribution in [0.5, 0.6) is 0 Å². The summed E-state index contributed by atoms with van der Waals surface area (Å²) in [5.41, 5.74) is 6.60. The first-order valence-corrected chi connectivity index (χ1v) is 3.97. The lowest BCUT2D eigenvalue weighted by Gasteiger charge is -2.21. The van der Waals surface area contributed by atoms with Gasteiger partial charge in [-0.05, 0) is 19.0 Å². The van der Waals surface area contributed by atoms with Gasteiger partial charge in [-0.1, -0.05) is 6.08 Å². The molecule has 0 fully saturated rings. The van der Waals surface area contributed by atoms with Crippen molar-refractivity contribution in [2.45, 2.75) is 6.42 Å². The maximum Gasteiger partial charge on any atom is 0.0944 e. The molecule has 1 aliphatic heterocycles. The highest BCUT2D eigenvalue weighted by molar-refractivity contribution is 5.07. The van der Waals surface area contributed by atoms with E-state index in [1.165, 1.54) is 5.57 Å². The van der Waals surface area contributed by atoms with Gasteiger partial charge in [-0.2, -0.15) is 0 Å². The van der Waals surface area contributed by atoms with Crippen LogP contribution < -0.4 is 5.73 Å². The average Bonchev–Trinajstić information content (AvgIpc) is 2.04. The molecule has 0 unspecified atom stereocenters. The van der Waals surface area contributed by atoms with Gasteiger partial charge in [-0.3, -0.25) is 0 Å². The van der Waals surface area contributed by atoms with Gasteiger partial charge >= 0.3 is 0 Å². The van der Waals surface area contributed by atoms with E-state index in [2.05, 4.69) is 18.0 Å². The highest BCUT2D eigenvalue weighted by atomic mass is 16.5. The van der Waals surface area contributed by atoms with Crippen LogP contribution in [0.2, 0.25) is 0 Å². The smallest absolute Gasteiger partial charge is 0.0944 e. The van der Waals surface area contributed by atoms with Crippen molar-refractivity contribution in [3.05, 3.63) is 11.6 Å². The van der Waals surface area contributed by atoms with E-state index in [0.717, 1.165) is 19.5 Å². The van der Waals surface area contributed by atoms with Crippen molar-refractivity contribution < 1.29 is 4.74 Å². The van der Waals surface area contributed by atoms with Crippen LogP contribution in [0.1, 0.15) is 6.42 Å². The summed E-state index contributed by atoms with van der Waals surface area (Å²) >= 11 is 0. The third-order valence-electron chi connectivity index (χ3n) is 1.91. The molecule has 0 amide bonds. The predicted octanol–water partition coefficient (Wildman–Crippen LogP) is 0.181. The molecule has 3 heteroatoms. The Hall–Kier alpha value is -0.380. The monoisotopic (exact) mass is 156 g/mol. The predicted molar refractivity (Wildman–Crippen MR) is 45.2 cm³/mol. The standard InChI is InChI=1S/C8H16N2O/c1-10-4-2-8(3-5-10)6-11-7-9/h2H,3-7,9H2,1H3. The molecule has 1 heterocycles. The summed E-state index contributed by atoms with van der Waals surface area (Å²) in [6.45, 7) is 3.22. The van der Waals surface area contributed by atoms with E-state index in [1.54, 1.807) is 0 Å². The molecular weight excluding hydrogens is 140 g/mol. The lowest BCUT2D eigenvalue weighted by Crippen LogP contribution is -2.25. The number of ether oxygens (including phenoxy) is 1. The fourth-order valence-corrected chi connectivity index (χ4v) is 1.13. The number of hydrogen-bond acceptors (Lipinski definition) is 3. The summed E-state index contributed by atoms with van der Waals surface area (Å²) in [5, 5.41) is 0. The Balaban J connectivity index is 2.24. The minimum atomic E-state index is 0.327. The molecule has 0 saturated heterocycles. The van der Waals surface area contributed by atoms with E-state index in [1.807, 2.05) is 0 Å². The van der Waals surface area contributed by atoms with Crippen molar-refractivity contribution >= 4 is 0 Å². The topological polar surface area (TPSA) is 38.5 Å². The van der Waals surface area contributed by atoms with Crippen molar-refractivity contribution in [1.82, 2.24) is 4.90 Å². The molecule has 0 atom stereocenters. The minimum Gasteiger partial charge on any atom is -0.362 e. The van der Waals surface area contributed by atoms with Gasteiger partial charge in [0.1, 0.15) is 0 Å². The second-order valence-corrected chi connectivity index (χ2v) is 2.89. The van der Waals surface area contributed by atoms with Gasteiger partial charge in [0.15, 0.2) is 0 Å². The van der Waals surface area contributed by atoms with Gasteiger partial charge in [-0.25, -0.2) is 0 Å². The first-order chi connectivity index (χ1) is 5.33. The Morgan fingerprint density at radius 3 is 3.09 bits per heavy atom. The molecular formula is C8H16N2O. The van der Waals surface area contributed by atoms with Gasteiger partial charge in [-0.15, -0.1) is 0 Å². The molecule has 11 heavy (non-hydrogen) atoms. The van der Waals surface area contributed by atoms with Gasteiger partial charge < -0.3 is 15.4 Å². The van der Waals surface area contributed by atoms with Crippen LogP contribution in [0.15, 0.2) is 11.6 Å². The first kappa shape index (κ1) is 8.71. The number of nitrogens with zero attached hydrogens (tertiary/aromatic N) is 1. The third-order valence-corrected chi connectivity index (χ3v) is 1.91. The maximum absolute atomic E-state index is 5.21. The van der Waals surface area contributed by atoms with Crippen LogP contribution in [0, 0.1) is 0 Å². The van der Waals surface area contributed by atoms with E-state index in [0.29, 0.717) is 13.3 Å². The Morgan fingerprint density at radius 1 is 1.73 bits per heavy atom. The summed E-state index contributed by atoms with van der Waals surface area (Å²) in [7, 11) is 2.12. The molecule has 0 saturated carbocycles. The van der Waals surface area contributed by atoms with Crippen LogP contribution in [0.4, 0.5) is 0 Å². The molecule has 0 aromatic carbocycles. The van der Waals surface area contributed by atoms with Crippen LogP contribution >= 0.6 is 0 Å². The molecule has 0 aromatic heterocycles. The number of nitrogens with two attached hydrogens (primary N) is 1. The molecule has 0 aliphatic carbocycles. The fraction of sp³-hybridized carbons (Fsp3) is 0.750. The lowest BCUT2D eigenvalue weighted by atomic mass is 10.1. The summed E-state index contributed by atoms with van der Waals surface area (Å²) in [5.74, 6) is 0. The Kier molecular flexibility index (Phi) is 3.56. The quantitative estimate of drug-likeness (QED) is 0.468. The van der Waals surface area contributed by atoms with Gasteiger partial charge in [0.05, 0.1) is 13.3 Å². The molecule has 1 aliphatic rings. The minimum absolute atomic E-state index is 0.327. The van der Waals surface area contributed by atoms with Gasteiger partial charge in [0.25, 0.3) is 0 Å². The number of likely N-dealkylation sites (N-methyl/N-ethyl adjacent to an activating group) is 1. The number of hydrogen-bond donors (Lipinski definition) is 1. The molecule has 0 bridgehead atoms. The molecule has 0 spiro atoms. The van der Waals surface area contributed by atoms with E-state index >= 15 is 0 Å². The molecule has 2 N–H and O–H groups in total. The zero-order chi connectivity index (χ0) is 8.10. The van der Waals surface area contributed by atoms with E-state index in [-0.39, 0.29) is 0 Å². The summed E-state index contributed by atoms with van der Waals surface area (Å²) in [4.78, 5) is 2.28. The highest BCUT2D eigenvalue weighted by Gasteiger charge is 2.06. The molecule has 3 nitrogen and oxygen atoms in total. The summed E-state index contributed by atoms with van der Waals surface area (Å²) < 4.78 is 5.10. The van der Waals surface area contributed by atoms with Crippen molar-refractivity contribution in [1.29, 1.82) is 0 Å². The van der Waals surface area contributed by atoms with Gasteiger partial charge in [0, 0.05) is 13.1 Å². The Morgan fingerprint density at radius 2 is 2.55 bits per heavy atom. The first-order valence-electron chi connectivity index (χ1n) is 3.97. The second kappa shape index (κ2) is 4.49. The lowest BCUT2D eigenvalue weighted by molar-refractivity contribution is 0.158. The highest BCUT2D eigenvalue weighted by Crippen LogP contribution is 2.08. The Labute approximate surface area is 67.8 Å². The van der Waals surface area contributed by atoms with E-state index < -0.39 is 0 Å². The SMILES string of the molecule is CN1CC=C(COCN)CC1. The maximum atomic E-state index is 5.21. The van der Waals surface area contributed by atoms with E-state index in [4.69, 9.17) is 10.5 Å². The fourth-order valence-electron chi connectivity index (χ4n) is 1.13. The van der Waals surface area contributed by atoms with Crippen LogP contribution in [-0.2, 0) is 4.74 Å². The van der Waals surface area contributed by atoms with Crippen LogP contribution in [-0.4, -0.2) is 38.4 Å². The van der Waals surface area contributed by atoms with Crippen LogP contribution in [0.25, 0.3) is 0 Å². The molecule has 0 aromatic rings. The third kappa shape index (κ3) is 3.01. The Bertz CT molecular complexity index is 145. The van der Waals surface area contributed by atoms with Crippen molar-refractivity contribution in [2.24, 2.45) is 5.73 Å². The van der Waals surface area contributed by atoms with Crippen molar-refractivity contribution in [2.75, 3.05) is 33.5 Å². The zero-order valence-corrected chi connectivity index (χ0v) is 7.05. The molecule has 64 valence electrons. The molecule has 0 radical (unpaired) electrons.